The zero-order valence-electron chi connectivity index (χ0n) is 11.6. The number of nitro benzene ring substituents is 2. The zero-order chi connectivity index (χ0) is 15.7. The van der Waals surface area contributed by atoms with Crippen LogP contribution in [-0.2, 0) is 0 Å². The number of nitrogens with zero attached hydrogens (tertiary/aromatic N) is 3. The Morgan fingerprint density at radius 3 is 2.50 bits per heavy atom. The van der Waals surface area contributed by atoms with Gasteiger partial charge in [0.25, 0.3) is 5.69 Å². The van der Waals surface area contributed by atoms with Crippen LogP contribution < -0.4 is 5.43 Å². The number of rotatable bonds is 4. The monoisotopic (exact) mass is 302 g/mol. The van der Waals surface area contributed by atoms with Gasteiger partial charge in [0.15, 0.2) is 0 Å². The maximum atomic E-state index is 11.1. The number of allylic oxidation sites excluding steroid dienone is 2. The van der Waals surface area contributed by atoms with Crippen molar-refractivity contribution in [1.82, 2.24) is 0 Å². The fraction of sp³-hybridized carbons (Fsp3) is 0.357. The molecule has 2 atom stereocenters. The molecular formula is C14H14N4O4. The summed E-state index contributed by atoms with van der Waals surface area (Å²) < 4.78 is 0. The second-order valence-electron chi connectivity index (χ2n) is 5.46. The van der Waals surface area contributed by atoms with Gasteiger partial charge in [-0.25, -0.2) is 0 Å². The summed E-state index contributed by atoms with van der Waals surface area (Å²) in [7, 11) is 0. The van der Waals surface area contributed by atoms with Crippen molar-refractivity contribution in [2.45, 2.75) is 19.3 Å². The second kappa shape index (κ2) is 5.55. The molecule has 1 fully saturated rings. The Bertz CT molecular complexity index is 698. The number of anilines is 1. The quantitative estimate of drug-likeness (QED) is 0.521. The van der Waals surface area contributed by atoms with Gasteiger partial charge in [-0.15, -0.1) is 0 Å². The Morgan fingerprint density at radius 1 is 1.14 bits per heavy atom. The Morgan fingerprint density at radius 2 is 1.95 bits per heavy atom. The van der Waals surface area contributed by atoms with E-state index in [9.17, 15) is 20.2 Å². The summed E-state index contributed by atoms with van der Waals surface area (Å²) in [5.41, 5.74) is 3.18. The third-order valence-electron chi connectivity index (χ3n) is 4.07. The van der Waals surface area contributed by atoms with Crippen molar-refractivity contribution in [3.8, 4) is 0 Å². The molecular weight excluding hydrogens is 288 g/mol. The molecule has 0 spiro atoms. The van der Waals surface area contributed by atoms with E-state index in [0.717, 1.165) is 31.0 Å². The minimum atomic E-state index is -0.659. The summed E-state index contributed by atoms with van der Waals surface area (Å²) in [5.74, 6) is 0.784. The highest BCUT2D eigenvalue weighted by Gasteiger charge is 2.28. The molecule has 0 aliphatic heterocycles. The number of fused-ring (bicyclic) bond motifs is 2. The number of nitro groups is 2. The Hall–Kier alpha value is -2.77. The standard InChI is InChI=1S/C14H14N4O4/c19-17(20)11-5-6-12(14(8-11)18(21)22)15-16-13-7-9-1-3-10(13)4-2-9/h1,3,5-6,8-10,15H,2,4,7H2/b16-13+/t9-,10+/m0/s1. The fourth-order valence-corrected chi connectivity index (χ4v) is 2.88. The Labute approximate surface area is 125 Å². The molecule has 4 rings (SSSR count). The van der Waals surface area contributed by atoms with E-state index in [1.54, 1.807) is 0 Å². The van der Waals surface area contributed by atoms with Crippen LogP contribution in [0.1, 0.15) is 19.3 Å². The summed E-state index contributed by atoms with van der Waals surface area (Å²) in [6.07, 6.45) is 7.38. The van der Waals surface area contributed by atoms with Crippen molar-refractivity contribution in [2.75, 3.05) is 5.43 Å². The van der Waals surface area contributed by atoms with Gasteiger partial charge in [-0.3, -0.25) is 25.7 Å². The SMILES string of the molecule is O=[N+]([O-])c1ccc(N/N=C2\C[C@H]3C=C[C@@H]2CC3)c([N+](=O)[O-])c1. The van der Waals surface area contributed by atoms with Gasteiger partial charge in [0.2, 0.25) is 0 Å². The summed E-state index contributed by atoms with van der Waals surface area (Å²) in [4.78, 5) is 20.5. The molecule has 2 bridgehead atoms. The van der Waals surface area contributed by atoms with Gasteiger partial charge in [0.05, 0.1) is 15.9 Å². The average Bonchev–Trinajstić information content (AvgIpc) is 2.53. The van der Waals surface area contributed by atoms with Crippen molar-refractivity contribution >= 4 is 22.8 Å². The molecule has 8 heteroatoms. The van der Waals surface area contributed by atoms with Crippen LogP contribution >= 0.6 is 0 Å². The number of hydrogen-bond acceptors (Lipinski definition) is 6. The van der Waals surface area contributed by atoms with E-state index in [1.807, 2.05) is 0 Å². The molecule has 0 heterocycles. The van der Waals surface area contributed by atoms with E-state index in [0.29, 0.717) is 5.92 Å². The van der Waals surface area contributed by atoms with Gasteiger partial charge in [0, 0.05) is 17.7 Å². The molecule has 0 radical (unpaired) electrons. The van der Waals surface area contributed by atoms with Crippen LogP contribution in [0.5, 0.6) is 0 Å². The number of benzene rings is 1. The van der Waals surface area contributed by atoms with E-state index in [2.05, 4.69) is 22.7 Å². The zero-order valence-corrected chi connectivity index (χ0v) is 11.6. The first-order chi connectivity index (χ1) is 10.5. The molecule has 1 N–H and O–H groups in total. The summed E-state index contributed by atoms with van der Waals surface area (Å²) in [6.45, 7) is 0. The Kier molecular flexibility index (Phi) is 3.58. The molecule has 3 aliphatic carbocycles. The topological polar surface area (TPSA) is 111 Å². The molecule has 0 saturated heterocycles. The van der Waals surface area contributed by atoms with Crippen LogP contribution in [0.2, 0.25) is 0 Å². The number of non-ortho nitro benzene ring substituents is 1. The highest BCUT2D eigenvalue weighted by atomic mass is 16.6. The minimum absolute atomic E-state index is 0.161. The molecule has 0 unspecified atom stereocenters. The van der Waals surface area contributed by atoms with Gasteiger partial charge < -0.3 is 0 Å². The second-order valence-corrected chi connectivity index (χ2v) is 5.46. The first-order valence-corrected chi connectivity index (χ1v) is 6.98. The lowest BCUT2D eigenvalue weighted by Gasteiger charge is -2.31. The van der Waals surface area contributed by atoms with Crippen LogP contribution in [0.4, 0.5) is 17.1 Å². The molecule has 0 amide bonds. The van der Waals surface area contributed by atoms with E-state index in [1.165, 1.54) is 12.1 Å². The first kappa shape index (κ1) is 14.2. The third kappa shape index (κ3) is 2.67. The lowest BCUT2D eigenvalue weighted by Crippen LogP contribution is -2.28. The minimum Gasteiger partial charge on any atom is -0.272 e. The molecule has 1 aromatic rings. The maximum Gasteiger partial charge on any atom is 0.301 e. The average molecular weight is 302 g/mol. The van der Waals surface area contributed by atoms with Crippen molar-refractivity contribution in [3.05, 3.63) is 50.6 Å². The molecule has 22 heavy (non-hydrogen) atoms. The molecule has 114 valence electrons. The number of nitrogens with one attached hydrogen (secondary N) is 1. The van der Waals surface area contributed by atoms with E-state index >= 15 is 0 Å². The third-order valence-corrected chi connectivity index (χ3v) is 4.07. The van der Waals surface area contributed by atoms with Crippen molar-refractivity contribution in [2.24, 2.45) is 16.9 Å². The predicted molar refractivity (Wildman–Crippen MR) is 80.8 cm³/mol. The van der Waals surface area contributed by atoms with E-state index < -0.39 is 9.85 Å². The van der Waals surface area contributed by atoms with Gasteiger partial charge in [-0.2, -0.15) is 5.10 Å². The molecule has 1 saturated carbocycles. The fourth-order valence-electron chi connectivity index (χ4n) is 2.88. The lowest BCUT2D eigenvalue weighted by molar-refractivity contribution is -0.393. The van der Waals surface area contributed by atoms with Crippen LogP contribution in [-0.4, -0.2) is 15.6 Å². The van der Waals surface area contributed by atoms with Crippen molar-refractivity contribution in [1.29, 1.82) is 0 Å². The normalized spacial score (nSPS) is 24.5. The van der Waals surface area contributed by atoms with Gasteiger partial charge in [0.1, 0.15) is 5.69 Å². The maximum absolute atomic E-state index is 11.1. The highest BCUT2D eigenvalue weighted by molar-refractivity contribution is 5.91. The molecule has 1 aromatic carbocycles. The van der Waals surface area contributed by atoms with Crippen LogP contribution in [0.15, 0.2) is 35.5 Å². The first-order valence-electron chi connectivity index (χ1n) is 6.98. The summed E-state index contributed by atoms with van der Waals surface area (Å²) in [5, 5.41) is 26.1. The predicted octanol–water partition coefficient (Wildman–Crippen LogP) is 3.26. The van der Waals surface area contributed by atoms with E-state index in [-0.39, 0.29) is 23.0 Å². The van der Waals surface area contributed by atoms with Crippen LogP contribution in [0.3, 0.4) is 0 Å². The van der Waals surface area contributed by atoms with Crippen molar-refractivity contribution < 1.29 is 9.85 Å². The van der Waals surface area contributed by atoms with Crippen molar-refractivity contribution in [3.63, 3.8) is 0 Å². The van der Waals surface area contributed by atoms with Gasteiger partial charge in [-0.05, 0) is 31.2 Å². The molecule has 8 nitrogen and oxygen atoms in total. The largest absolute Gasteiger partial charge is 0.301 e. The molecule has 0 aromatic heterocycles. The molecule has 3 aliphatic rings. The van der Waals surface area contributed by atoms with E-state index in [4.69, 9.17) is 0 Å². The smallest absolute Gasteiger partial charge is 0.272 e. The summed E-state index contributed by atoms with van der Waals surface area (Å²) >= 11 is 0. The number of hydrazone groups is 1. The van der Waals surface area contributed by atoms with Crippen LogP contribution in [0, 0.1) is 32.1 Å². The highest BCUT2D eigenvalue weighted by Crippen LogP contribution is 2.35. The van der Waals surface area contributed by atoms with Gasteiger partial charge >= 0.3 is 5.69 Å². The van der Waals surface area contributed by atoms with Gasteiger partial charge in [-0.1, -0.05) is 12.2 Å². The lowest BCUT2D eigenvalue weighted by atomic mass is 9.75. The van der Waals surface area contributed by atoms with Crippen LogP contribution in [0.25, 0.3) is 0 Å². The Balaban J connectivity index is 1.85. The summed E-state index contributed by atoms with van der Waals surface area (Å²) in [6, 6.07) is 3.48. The number of hydrogen-bond donors (Lipinski definition) is 1.